The molecule has 0 spiro atoms. The van der Waals surface area contributed by atoms with Crippen molar-refractivity contribution >= 4 is 11.7 Å². The number of amides is 1. The fraction of sp³-hybridized carbons (Fsp3) is 0.438. The first-order valence-corrected chi connectivity index (χ1v) is 8.08. The van der Waals surface area contributed by atoms with Crippen molar-refractivity contribution in [2.45, 2.75) is 43.6 Å². The van der Waals surface area contributed by atoms with Crippen LogP contribution in [0.2, 0.25) is 0 Å². The van der Waals surface area contributed by atoms with Crippen LogP contribution in [-0.4, -0.2) is 31.9 Å². The van der Waals surface area contributed by atoms with Crippen molar-refractivity contribution in [2.24, 2.45) is 5.73 Å². The van der Waals surface area contributed by atoms with Gasteiger partial charge < -0.3 is 16.0 Å². The fourth-order valence-corrected chi connectivity index (χ4v) is 3.00. The Balaban J connectivity index is 1.41. The topological polar surface area (TPSA) is 127 Å². The molecular weight excluding hydrogens is 308 g/mol. The third-order valence-electron chi connectivity index (χ3n) is 4.54. The number of primary amides is 1. The molecule has 0 saturated heterocycles. The van der Waals surface area contributed by atoms with Gasteiger partial charge in [-0.05, 0) is 25.7 Å². The van der Waals surface area contributed by atoms with Gasteiger partial charge in [-0.15, -0.1) is 0 Å². The molecule has 4 N–H and O–H groups in total. The maximum absolute atomic E-state index is 11.8. The van der Waals surface area contributed by atoms with Gasteiger partial charge in [0.05, 0.1) is 18.1 Å². The fourth-order valence-electron chi connectivity index (χ4n) is 3.00. The number of nitrogens with zero attached hydrogens (tertiary/aromatic N) is 3. The van der Waals surface area contributed by atoms with Crippen LogP contribution >= 0.6 is 0 Å². The highest BCUT2D eigenvalue weighted by Crippen LogP contribution is 2.40. The minimum Gasteiger partial charge on any atom is -0.366 e. The molecule has 2 aromatic rings. The Morgan fingerprint density at radius 3 is 2.71 bits per heavy atom. The number of H-pyrrole nitrogens is 1. The van der Waals surface area contributed by atoms with E-state index in [1.165, 1.54) is 6.20 Å². The molecule has 124 valence electrons. The summed E-state index contributed by atoms with van der Waals surface area (Å²) < 4.78 is 0. The minimum absolute atomic E-state index is 0.0710. The Hall–Kier alpha value is -2.77. The molecule has 0 bridgehead atoms. The smallest absolute Gasteiger partial charge is 0.268 e. The molecule has 0 unspecified atom stereocenters. The van der Waals surface area contributed by atoms with Gasteiger partial charge in [-0.25, -0.2) is 9.97 Å². The summed E-state index contributed by atoms with van der Waals surface area (Å²) in [6.07, 6.45) is 6.85. The third kappa shape index (κ3) is 2.99. The Morgan fingerprint density at radius 1 is 1.21 bits per heavy atom. The van der Waals surface area contributed by atoms with E-state index < -0.39 is 5.91 Å². The van der Waals surface area contributed by atoms with Gasteiger partial charge in [0.2, 0.25) is 0 Å². The summed E-state index contributed by atoms with van der Waals surface area (Å²) in [7, 11) is 0. The second-order valence-electron chi connectivity index (χ2n) is 6.49. The predicted octanol–water partition coefficient (Wildman–Crippen LogP) is 0.894. The molecule has 0 atom stereocenters. The number of hydrogen-bond acceptors (Lipinski definition) is 6. The van der Waals surface area contributed by atoms with Crippen molar-refractivity contribution in [3.63, 3.8) is 0 Å². The molecule has 0 aliphatic heterocycles. The Kier molecular flexibility index (Phi) is 3.51. The van der Waals surface area contributed by atoms with Gasteiger partial charge in [0, 0.05) is 23.9 Å². The van der Waals surface area contributed by atoms with Crippen molar-refractivity contribution in [3.05, 3.63) is 46.0 Å². The van der Waals surface area contributed by atoms with Crippen LogP contribution in [-0.2, 0) is 0 Å². The van der Waals surface area contributed by atoms with E-state index in [1.807, 2.05) is 0 Å². The zero-order valence-electron chi connectivity index (χ0n) is 13.0. The van der Waals surface area contributed by atoms with Gasteiger partial charge in [0.1, 0.15) is 17.3 Å². The van der Waals surface area contributed by atoms with Crippen molar-refractivity contribution in [3.8, 4) is 0 Å². The lowest BCUT2D eigenvalue weighted by molar-refractivity contribution is 0.0995. The van der Waals surface area contributed by atoms with Crippen molar-refractivity contribution in [2.75, 3.05) is 5.32 Å². The summed E-state index contributed by atoms with van der Waals surface area (Å²) in [6.45, 7) is 0. The highest BCUT2D eigenvalue weighted by molar-refractivity contribution is 5.90. The number of nitrogens with two attached hydrogens (primary N) is 1. The Labute approximate surface area is 137 Å². The first-order chi connectivity index (χ1) is 11.6. The summed E-state index contributed by atoms with van der Waals surface area (Å²) >= 11 is 0. The average molecular weight is 326 g/mol. The average Bonchev–Trinajstić information content (AvgIpc) is 3.35. The molecule has 24 heavy (non-hydrogen) atoms. The van der Waals surface area contributed by atoms with E-state index in [0.717, 1.165) is 37.2 Å². The number of carbonyl (C=O) groups is 1. The van der Waals surface area contributed by atoms with E-state index >= 15 is 0 Å². The largest absolute Gasteiger partial charge is 0.366 e. The predicted molar refractivity (Wildman–Crippen MR) is 86.8 cm³/mol. The maximum Gasteiger partial charge on any atom is 0.268 e. The lowest BCUT2D eigenvalue weighted by Crippen LogP contribution is -2.35. The zero-order chi connectivity index (χ0) is 16.7. The van der Waals surface area contributed by atoms with E-state index in [4.69, 9.17) is 5.73 Å². The Morgan fingerprint density at radius 2 is 2.00 bits per heavy atom. The van der Waals surface area contributed by atoms with Gasteiger partial charge in [-0.2, -0.15) is 0 Å². The molecule has 1 amide bonds. The number of aromatic amines is 1. The first kappa shape index (κ1) is 14.8. The monoisotopic (exact) mass is 326 g/mol. The van der Waals surface area contributed by atoms with Gasteiger partial charge in [-0.3, -0.25) is 14.6 Å². The van der Waals surface area contributed by atoms with Gasteiger partial charge in [-0.1, -0.05) is 0 Å². The van der Waals surface area contributed by atoms with Crippen LogP contribution in [0.4, 0.5) is 5.82 Å². The van der Waals surface area contributed by atoms with E-state index in [9.17, 15) is 9.59 Å². The SMILES string of the molecule is NC(=O)c1cncc(NC2CC(c3cc(=O)[nH]c(C4CC4)n3)C2)n1. The summed E-state index contributed by atoms with van der Waals surface area (Å²) in [5, 5.41) is 3.24. The second-order valence-corrected chi connectivity index (χ2v) is 6.49. The summed E-state index contributed by atoms with van der Waals surface area (Å²) in [6, 6.07) is 1.82. The van der Waals surface area contributed by atoms with Crippen LogP contribution < -0.4 is 16.6 Å². The summed E-state index contributed by atoms with van der Waals surface area (Å²) in [4.78, 5) is 38.5. The van der Waals surface area contributed by atoms with Crippen LogP contribution in [0.3, 0.4) is 0 Å². The number of hydrogen-bond donors (Lipinski definition) is 3. The first-order valence-electron chi connectivity index (χ1n) is 8.08. The van der Waals surface area contributed by atoms with Crippen LogP contribution in [0.25, 0.3) is 0 Å². The zero-order valence-corrected chi connectivity index (χ0v) is 13.0. The van der Waals surface area contributed by atoms with Crippen LogP contribution in [0.15, 0.2) is 23.3 Å². The van der Waals surface area contributed by atoms with Gasteiger partial charge >= 0.3 is 0 Å². The van der Waals surface area contributed by atoms with E-state index in [1.54, 1.807) is 12.3 Å². The van der Waals surface area contributed by atoms with E-state index in [-0.39, 0.29) is 23.2 Å². The highest BCUT2D eigenvalue weighted by atomic mass is 16.1. The molecule has 4 rings (SSSR count). The molecule has 2 aliphatic rings. The molecule has 2 aliphatic carbocycles. The molecular formula is C16H18N6O2. The molecule has 2 saturated carbocycles. The van der Waals surface area contributed by atoms with Crippen LogP contribution in [0.1, 0.15) is 59.5 Å². The summed E-state index contributed by atoms with van der Waals surface area (Å²) in [5.41, 5.74) is 6.15. The molecule has 0 aromatic carbocycles. The molecule has 2 fully saturated rings. The molecule has 8 heteroatoms. The number of nitrogens with one attached hydrogen (secondary N) is 2. The Bertz CT molecular complexity index is 838. The highest BCUT2D eigenvalue weighted by Gasteiger charge is 2.33. The lowest BCUT2D eigenvalue weighted by atomic mass is 9.78. The molecule has 8 nitrogen and oxygen atoms in total. The van der Waals surface area contributed by atoms with Crippen LogP contribution in [0, 0.1) is 0 Å². The van der Waals surface area contributed by atoms with Crippen LogP contribution in [0.5, 0.6) is 0 Å². The van der Waals surface area contributed by atoms with Crippen molar-refractivity contribution in [1.82, 2.24) is 19.9 Å². The van der Waals surface area contributed by atoms with Crippen molar-refractivity contribution in [1.29, 1.82) is 0 Å². The second kappa shape index (κ2) is 5.70. The normalized spacial score (nSPS) is 22.7. The number of rotatable bonds is 5. The maximum atomic E-state index is 11.8. The van der Waals surface area contributed by atoms with Gasteiger partial charge in [0.25, 0.3) is 11.5 Å². The number of anilines is 1. The molecule has 2 aromatic heterocycles. The van der Waals surface area contributed by atoms with E-state index in [0.29, 0.717) is 11.7 Å². The summed E-state index contributed by atoms with van der Waals surface area (Å²) in [5.74, 6) is 1.47. The minimum atomic E-state index is -0.599. The third-order valence-corrected chi connectivity index (χ3v) is 4.54. The standard InChI is InChI=1S/C16H18N6O2/c17-15(24)12-6-18-7-13(20-12)19-10-3-9(4-10)11-5-14(23)22-16(21-11)8-1-2-8/h5-10H,1-4H2,(H2,17,24)(H,19,20)(H,21,22,23). The molecule has 2 heterocycles. The quantitative estimate of drug-likeness (QED) is 0.749. The van der Waals surface area contributed by atoms with E-state index in [2.05, 4.69) is 25.3 Å². The van der Waals surface area contributed by atoms with Crippen molar-refractivity contribution < 1.29 is 4.79 Å². The van der Waals surface area contributed by atoms with Gasteiger partial charge in [0.15, 0.2) is 0 Å². The lowest BCUT2D eigenvalue weighted by Gasteiger charge is -2.35. The number of carbonyl (C=O) groups excluding carboxylic acids is 1. The molecule has 0 radical (unpaired) electrons. The number of aromatic nitrogens is 4.